The Balaban J connectivity index is 1.94. The molecule has 1 amide bonds. The minimum absolute atomic E-state index is 0.138. The highest BCUT2D eigenvalue weighted by Gasteiger charge is 2.36. The average molecular weight is 532 g/mol. The molecule has 1 aliphatic carbocycles. The number of allylic oxidation sites excluding steroid dienone is 2. The van der Waals surface area contributed by atoms with E-state index in [2.05, 4.69) is 5.32 Å². The molecule has 4 nitrogen and oxygen atoms in total. The maximum absolute atomic E-state index is 13.8. The molecule has 2 aromatic rings. The van der Waals surface area contributed by atoms with E-state index in [0.29, 0.717) is 24.5 Å². The summed E-state index contributed by atoms with van der Waals surface area (Å²) in [6.45, 7) is 5.37. The topological polar surface area (TPSA) is 55.4 Å². The van der Waals surface area contributed by atoms with Crippen molar-refractivity contribution in [3.05, 3.63) is 74.0 Å². The number of fused-ring (bicyclic) bond motifs is 1. The number of ether oxygens (including phenoxy) is 1. The Morgan fingerprint density at radius 3 is 2.23 bits per heavy atom. The van der Waals surface area contributed by atoms with Crippen LogP contribution in [0.3, 0.4) is 0 Å². The number of carbonyl (C=O) groups excluding carboxylic acids is 2. The zero-order valence-electron chi connectivity index (χ0n) is 19.2. The van der Waals surface area contributed by atoms with Crippen LogP contribution in [0, 0.1) is 5.82 Å². The summed E-state index contributed by atoms with van der Waals surface area (Å²) in [5.74, 6) is -1.89. The fourth-order valence-electron chi connectivity index (χ4n) is 3.91. The molecule has 188 valence electrons. The van der Waals surface area contributed by atoms with Crippen molar-refractivity contribution in [3.63, 3.8) is 0 Å². The summed E-state index contributed by atoms with van der Waals surface area (Å²) < 4.78 is 60.4. The smallest absolute Gasteiger partial charge is 0.417 e. The number of hydrogen-bond acceptors (Lipinski definition) is 3. The summed E-state index contributed by atoms with van der Waals surface area (Å²) in [4.78, 5) is 25.0. The van der Waals surface area contributed by atoms with E-state index < -0.39 is 50.7 Å². The molecule has 3 rings (SSSR count). The Hall–Kier alpha value is -2.58. The minimum Gasteiger partial charge on any atom is -0.444 e. The average Bonchev–Trinajstić information content (AvgIpc) is 3.21. The molecule has 2 aromatic carbocycles. The summed E-state index contributed by atoms with van der Waals surface area (Å²) in [7, 11) is 0. The first-order valence-electron chi connectivity index (χ1n) is 10.8. The Morgan fingerprint density at radius 2 is 1.66 bits per heavy atom. The van der Waals surface area contributed by atoms with E-state index in [1.807, 2.05) is 0 Å². The largest absolute Gasteiger partial charge is 0.444 e. The predicted octanol–water partition coefficient (Wildman–Crippen LogP) is 7.47. The number of halogens is 6. The lowest BCUT2D eigenvalue weighted by Crippen LogP contribution is -2.32. The lowest BCUT2D eigenvalue weighted by molar-refractivity contribution is -0.0689. The first kappa shape index (κ1) is 27.0. The van der Waals surface area contributed by atoms with Gasteiger partial charge < -0.3 is 10.1 Å². The number of alkyl halides is 3. The van der Waals surface area contributed by atoms with Gasteiger partial charge in [0, 0.05) is 12.1 Å². The number of ketones is 1. The molecule has 0 spiro atoms. The van der Waals surface area contributed by atoms with Gasteiger partial charge in [0.1, 0.15) is 5.60 Å². The van der Waals surface area contributed by atoms with E-state index in [1.165, 1.54) is 6.07 Å². The van der Waals surface area contributed by atoms with Gasteiger partial charge >= 0.3 is 12.3 Å². The predicted molar refractivity (Wildman–Crippen MR) is 126 cm³/mol. The SMILES string of the molecule is CC(C)(C)OC(=O)NCc1ccc(C(=O)/C=C(\c2cc(Cl)c(F)c(Cl)c2)C(F)(F)F)c2c1CCC2. The van der Waals surface area contributed by atoms with Crippen LogP contribution >= 0.6 is 23.2 Å². The van der Waals surface area contributed by atoms with Gasteiger partial charge in [-0.25, -0.2) is 9.18 Å². The van der Waals surface area contributed by atoms with E-state index in [-0.39, 0.29) is 12.1 Å². The number of carbonyl (C=O) groups is 2. The Kier molecular flexibility index (Phi) is 7.86. The van der Waals surface area contributed by atoms with Gasteiger partial charge in [0.15, 0.2) is 11.6 Å². The van der Waals surface area contributed by atoms with E-state index in [9.17, 15) is 27.2 Å². The number of amides is 1. The molecule has 0 atom stereocenters. The molecule has 0 aliphatic heterocycles. The number of alkyl carbamates (subject to hydrolysis) is 1. The molecular weight excluding hydrogens is 509 g/mol. The molecule has 0 bridgehead atoms. The van der Waals surface area contributed by atoms with Crippen molar-refractivity contribution in [3.8, 4) is 0 Å². The van der Waals surface area contributed by atoms with Crippen LogP contribution < -0.4 is 5.32 Å². The van der Waals surface area contributed by atoms with Crippen LogP contribution in [0.5, 0.6) is 0 Å². The Labute approximate surface area is 210 Å². The van der Waals surface area contributed by atoms with Crippen molar-refractivity contribution in [2.45, 2.75) is 58.4 Å². The molecule has 0 fully saturated rings. The van der Waals surface area contributed by atoms with Gasteiger partial charge in [0.05, 0.1) is 15.6 Å². The summed E-state index contributed by atoms with van der Waals surface area (Å²) in [6.07, 6.45) is -3.18. The van der Waals surface area contributed by atoms with Crippen molar-refractivity contribution >= 4 is 40.7 Å². The number of benzene rings is 2. The van der Waals surface area contributed by atoms with Gasteiger partial charge in [-0.2, -0.15) is 13.2 Å². The molecule has 1 aliphatic rings. The molecular formula is C25H23Cl2F4NO3. The lowest BCUT2D eigenvalue weighted by Gasteiger charge is -2.20. The van der Waals surface area contributed by atoms with Crippen molar-refractivity contribution in [1.29, 1.82) is 0 Å². The van der Waals surface area contributed by atoms with E-state index in [1.54, 1.807) is 26.8 Å². The summed E-state index contributed by atoms with van der Waals surface area (Å²) in [6, 6.07) is 4.63. The highest BCUT2D eigenvalue weighted by Crippen LogP contribution is 2.38. The van der Waals surface area contributed by atoms with E-state index in [0.717, 1.165) is 29.7 Å². The molecule has 0 radical (unpaired) electrons. The van der Waals surface area contributed by atoms with Crippen LogP contribution in [0.4, 0.5) is 22.4 Å². The second kappa shape index (κ2) is 10.2. The van der Waals surface area contributed by atoms with Crippen molar-refractivity contribution in [2.24, 2.45) is 0 Å². The van der Waals surface area contributed by atoms with Gasteiger partial charge in [-0.05, 0) is 80.5 Å². The molecule has 0 aromatic heterocycles. The molecule has 0 unspecified atom stereocenters. The quantitative estimate of drug-likeness (QED) is 0.188. The van der Waals surface area contributed by atoms with Crippen molar-refractivity contribution < 1.29 is 31.9 Å². The van der Waals surface area contributed by atoms with Crippen LogP contribution in [0.15, 0.2) is 30.3 Å². The van der Waals surface area contributed by atoms with Gasteiger partial charge in [0.25, 0.3) is 0 Å². The highest BCUT2D eigenvalue weighted by molar-refractivity contribution is 6.35. The third-order valence-corrected chi connectivity index (χ3v) is 5.89. The zero-order chi connectivity index (χ0) is 26.1. The summed E-state index contributed by atoms with van der Waals surface area (Å²) >= 11 is 11.3. The van der Waals surface area contributed by atoms with Crippen LogP contribution in [0.2, 0.25) is 10.0 Å². The monoisotopic (exact) mass is 531 g/mol. The molecule has 0 saturated heterocycles. The lowest BCUT2D eigenvalue weighted by atomic mass is 9.94. The van der Waals surface area contributed by atoms with Gasteiger partial charge in [0.2, 0.25) is 0 Å². The highest BCUT2D eigenvalue weighted by atomic mass is 35.5. The molecule has 1 N–H and O–H groups in total. The third-order valence-electron chi connectivity index (χ3n) is 5.34. The fraction of sp³-hybridized carbons (Fsp3) is 0.360. The van der Waals surface area contributed by atoms with Crippen molar-refractivity contribution in [2.75, 3.05) is 0 Å². The Morgan fingerprint density at radius 1 is 1.06 bits per heavy atom. The molecule has 10 heteroatoms. The second-order valence-electron chi connectivity index (χ2n) is 9.11. The van der Waals surface area contributed by atoms with Crippen LogP contribution in [0.1, 0.15) is 59.8 Å². The first-order valence-corrected chi connectivity index (χ1v) is 11.5. The summed E-state index contributed by atoms with van der Waals surface area (Å²) in [5.41, 5.74) is -0.0975. The molecule has 0 heterocycles. The van der Waals surface area contributed by atoms with Crippen LogP contribution in [-0.2, 0) is 24.1 Å². The third kappa shape index (κ3) is 6.55. The molecule has 0 saturated carbocycles. The number of nitrogens with one attached hydrogen (secondary N) is 1. The van der Waals surface area contributed by atoms with Gasteiger partial charge in [-0.1, -0.05) is 35.3 Å². The van der Waals surface area contributed by atoms with Crippen LogP contribution in [0.25, 0.3) is 5.57 Å². The second-order valence-corrected chi connectivity index (χ2v) is 9.93. The fourth-order valence-corrected chi connectivity index (χ4v) is 4.39. The maximum Gasteiger partial charge on any atom is 0.417 e. The van der Waals surface area contributed by atoms with Gasteiger partial charge in [-0.3, -0.25) is 4.79 Å². The summed E-state index contributed by atoms with van der Waals surface area (Å²) in [5, 5.41) is 1.49. The zero-order valence-corrected chi connectivity index (χ0v) is 20.7. The Bertz CT molecular complexity index is 1180. The number of rotatable bonds is 5. The van der Waals surface area contributed by atoms with E-state index in [4.69, 9.17) is 27.9 Å². The van der Waals surface area contributed by atoms with Crippen molar-refractivity contribution in [1.82, 2.24) is 5.32 Å². The normalized spacial score (nSPS) is 14.0. The molecule has 35 heavy (non-hydrogen) atoms. The maximum atomic E-state index is 13.8. The number of hydrogen-bond donors (Lipinski definition) is 1. The van der Waals surface area contributed by atoms with E-state index >= 15 is 0 Å². The minimum atomic E-state index is -4.92. The van der Waals surface area contributed by atoms with Crippen LogP contribution in [-0.4, -0.2) is 23.7 Å². The first-order chi connectivity index (χ1) is 16.2. The van der Waals surface area contributed by atoms with Gasteiger partial charge in [-0.15, -0.1) is 0 Å². The standard InChI is InChI=1S/C25H23Cl2F4NO3/c1-24(2,3)35-23(34)32-12-13-7-8-17(16-6-4-5-15(13)16)21(33)11-18(25(29,30)31)14-9-19(26)22(28)20(27)10-14/h7-11H,4-6,12H2,1-3H3,(H,32,34)/b18-11+.